The third-order valence-corrected chi connectivity index (χ3v) is 9.69. The highest BCUT2D eigenvalue weighted by Crippen LogP contribution is 2.28. The highest BCUT2D eigenvalue weighted by Gasteiger charge is 2.32. The minimum Gasteiger partial charge on any atom is -0.480 e. The van der Waals surface area contributed by atoms with Crippen molar-refractivity contribution >= 4 is 53.0 Å². The number of anilines is 1. The predicted molar refractivity (Wildman–Crippen MR) is 193 cm³/mol. The van der Waals surface area contributed by atoms with E-state index in [1.165, 1.54) is 4.90 Å². The van der Waals surface area contributed by atoms with Crippen LogP contribution in [-0.2, 0) is 48.2 Å². The van der Waals surface area contributed by atoms with Crippen LogP contribution in [0.2, 0.25) is 0 Å². The molecule has 3 aliphatic heterocycles. The molecular weight excluding hydrogens is 671 g/mol. The van der Waals surface area contributed by atoms with Gasteiger partial charge in [0, 0.05) is 43.2 Å². The van der Waals surface area contributed by atoms with Crippen LogP contribution in [-0.4, -0.2) is 75.4 Å². The van der Waals surface area contributed by atoms with Crippen LogP contribution in [0.25, 0.3) is 0 Å². The number of amides is 5. The SMILES string of the molecule is O=C1CCC(=O)N[C@H](CC2CC=CS2)C(=O)N(Cc2ccccc2)CC(=O)N[C@H](Cc2ccccc2)C(=O)N[C@H](C(=O)O)Cc2ccc(cc2)N1. The van der Waals surface area contributed by atoms with Gasteiger partial charge in [-0.25, -0.2) is 4.79 Å². The van der Waals surface area contributed by atoms with Gasteiger partial charge in [0.25, 0.3) is 0 Å². The van der Waals surface area contributed by atoms with Crippen molar-refractivity contribution in [3.05, 3.63) is 113 Å². The Morgan fingerprint density at radius 1 is 0.765 bits per heavy atom. The lowest BCUT2D eigenvalue weighted by Crippen LogP contribution is -2.56. The van der Waals surface area contributed by atoms with Crippen LogP contribution in [0.4, 0.5) is 5.69 Å². The number of thioether (sulfide) groups is 1. The number of fused-ring (bicyclic) bond motifs is 18. The molecule has 6 rings (SSSR count). The van der Waals surface area contributed by atoms with Gasteiger partial charge in [0.05, 0.1) is 6.54 Å². The fourth-order valence-corrected chi connectivity index (χ4v) is 6.89. The van der Waals surface area contributed by atoms with E-state index in [0.29, 0.717) is 24.1 Å². The molecule has 0 spiro atoms. The first-order chi connectivity index (χ1) is 24.6. The Labute approximate surface area is 300 Å². The lowest BCUT2D eigenvalue weighted by Gasteiger charge is -2.30. The molecule has 2 bridgehead atoms. The van der Waals surface area contributed by atoms with Gasteiger partial charge in [-0.05, 0) is 47.1 Å². The van der Waals surface area contributed by atoms with Crippen molar-refractivity contribution in [1.82, 2.24) is 20.9 Å². The minimum atomic E-state index is -1.32. The number of hydrogen-bond acceptors (Lipinski definition) is 7. The highest BCUT2D eigenvalue weighted by molar-refractivity contribution is 8.03. The number of nitrogens with zero attached hydrogens (tertiary/aromatic N) is 1. The van der Waals surface area contributed by atoms with Crippen LogP contribution in [0.15, 0.2) is 96.4 Å². The van der Waals surface area contributed by atoms with Gasteiger partial charge in [-0.1, -0.05) is 78.9 Å². The summed E-state index contributed by atoms with van der Waals surface area (Å²) in [5.41, 5.74) is 2.52. The van der Waals surface area contributed by atoms with E-state index >= 15 is 0 Å². The molecule has 12 nitrogen and oxygen atoms in total. The molecule has 0 radical (unpaired) electrons. The Bertz CT molecular complexity index is 1730. The molecule has 3 aromatic rings. The zero-order valence-corrected chi connectivity index (χ0v) is 28.8. The molecule has 5 N–H and O–H groups in total. The van der Waals surface area contributed by atoms with Gasteiger partial charge in [0.15, 0.2) is 0 Å². The third-order valence-electron chi connectivity index (χ3n) is 8.57. The third kappa shape index (κ3) is 11.3. The molecule has 3 heterocycles. The van der Waals surface area contributed by atoms with Gasteiger partial charge in [-0.15, -0.1) is 11.8 Å². The summed E-state index contributed by atoms with van der Waals surface area (Å²) in [4.78, 5) is 81.4. The summed E-state index contributed by atoms with van der Waals surface area (Å²) in [6, 6.07) is 21.1. The molecule has 266 valence electrons. The van der Waals surface area contributed by atoms with Crippen LogP contribution in [0.3, 0.4) is 0 Å². The van der Waals surface area contributed by atoms with E-state index in [9.17, 15) is 33.9 Å². The number of allylic oxidation sites excluding steroid dienone is 1. The first kappa shape index (κ1) is 36.8. The van der Waals surface area contributed by atoms with Crippen molar-refractivity contribution in [2.75, 3.05) is 11.9 Å². The Morgan fingerprint density at radius 3 is 2.06 bits per heavy atom. The van der Waals surface area contributed by atoms with Crippen LogP contribution in [0, 0.1) is 0 Å². The summed E-state index contributed by atoms with van der Waals surface area (Å²) in [7, 11) is 0. The Kier molecular flexibility index (Phi) is 13.0. The summed E-state index contributed by atoms with van der Waals surface area (Å²) in [5, 5.41) is 22.9. The van der Waals surface area contributed by atoms with Crippen molar-refractivity contribution in [3.8, 4) is 0 Å². The van der Waals surface area contributed by atoms with Crippen LogP contribution in [0.5, 0.6) is 0 Å². The molecule has 0 fully saturated rings. The Morgan fingerprint density at radius 2 is 1.41 bits per heavy atom. The second kappa shape index (κ2) is 18.0. The molecule has 5 amide bonds. The maximum absolute atomic E-state index is 14.3. The standard InChI is InChI=1S/C38H41N5O7S/c44-33-17-18-34(45)41-31(22-29-12-7-19-51-29)37(48)43(23-27-10-5-2-6-11-27)24-35(46)40-30(20-25-8-3-1-4-9-25)36(47)42-32(38(49)50)21-26-13-15-28(39-33)16-14-26/h1-11,13-16,19,29-32H,12,17-18,20-24H2,(H,39,44)(H,40,46)(H,41,45)(H,42,47)(H,49,50)/t29?,30-,31-,32+/m1/s1. The van der Waals surface area contributed by atoms with Gasteiger partial charge in [-0.2, -0.15) is 0 Å². The normalized spacial score (nSPS) is 22.4. The number of carboxylic acids is 1. The molecule has 3 aromatic carbocycles. The van der Waals surface area contributed by atoms with Crippen molar-refractivity contribution < 1.29 is 33.9 Å². The second-order valence-electron chi connectivity index (χ2n) is 12.6. The topological polar surface area (TPSA) is 174 Å². The van der Waals surface area contributed by atoms with E-state index in [2.05, 4.69) is 21.3 Å². The summed E-state index contributed by atoms with van der Waals surface area (Å²) in [5.74, 6) is -3.98. The number of hydrogen-bond donors (Lipinski definition) is 5. The lowest BCUT2D eigenvalue weighted by molar-refractivity contribution is -0.142. The quantitative estimate of drug-likeness (QED) is 0.233. The molecule has 0 saturated carbocycles. The van der Waals surface area contributed by atoms with E-state index < -0.39 is 60.2 Å². The van der Waals surface area contributed by atoms with Gasteiger partial charge < -0.3 is 31.3 Å². The minimum absolute atomic E-state index is 0.0218. The molecular formula is C38H41N5O7S. The summed E-state index contributed by atoms with van der Waals surface area (Å²) in [6.07, 6.45) is 2.70. The van der Waals surface area contributed by atoms with Crippen LogP contribution >= 0.6 is 11.8 Å². The van der Waals surface area contributed by atoms with Gasteiger partial charge in [0.1, 0.15) is 18.1 Å². The van der Waals surface area contributed by atoms with Gasteiger partial charge in [-0.3, -0.25) is 24.0 Å². The van der Waals surface area contributed by atoms with Crippen molar-refractivity contribution in [2.24, 2.45) is 0 Å². The molecule has 4 atom stereocenters. The number of benzene rings is 3. The van der Waals surface area contributed by atoms with Gasteiger partial charge in [0.2, 0.25) is 29.5 Å². The van der Waals surface area contributed by atoms with Crippen molar-refractivity contribution in [2.45, 2.75) is 68.4 Å². The molecule has 3 aliphatic rings. The molecule has 0 aliphatic carbocycles. The number of aliphatic carboxylic acids is 1. The fourth-order valence-electron chi connectivity index (χ4n) is 5.92. The van der Waals surface area contributed by atoms with Crippen LogP contribution in [0.1, 0.15) is 42.4 Å². The van der Waals surface area contributed by atoms with Crippen LogP contribution < -0.4 is 21.3 Å². The van der Waals surface area contributed by atoms with E-state index in [0.717, 1.165) is 11.1 Å². The number of rotatable bonds is 7. The van der Waals surface area contributed by atoms with Crippen molar-refractivity contribution in [3.63, 3.8) is 0 Å². The van der Waals surface area contributed by atoms with E-state index in [1.54, 1.807) is 60.3 Å². The summed E-state index contributed by atoms with van der Waals surface area (Å²) >= 11 is 1.56. The maximum atomic E-state index is 14.3. The van der Waals surface area contributed by atoms with E-state index in [1.807, 2.05) is 47.9 Å². The lowest BCUT2D eigenvalue weighted by atomic mass is 10.0. The summed E-state index contributed by atoms with van der Waals surface area (Å²) < 4.78 is 0. The second-order valence-corrected chi connectivity index (χ2v) is 13.8. The largest absolute Gasteiger partial charge is 0.480 e. The number of nitrogens with one attached hydrogen (secondary N) is 4. The average Bonchev–Trinajstić information content (AvgIpc) is 3.64. The summed E-state index contributed by atoms with van der Waals surface area (Å²) in [6.45, 7) is -0.391. The molecule has 1 unspecified atom stereocenters. The smallest absolute Gasteiger partial charge is 0.326 e. The predicted octanol–water partition coefficient (Wildman–Crippen LogP) is 3.18. The zero-order valence-electron chi connectivity index (χ0n) is 28.0. The molecule has 0 aromatic heterocycles. The highest BCUT2D eigenvalue weighted by atomic mass is 32.2. The molecule has 13 heteroatoms. The number of carboxylic acid groups (broad SMARTS) is 1. The van der Waals surface area contributed by atoms with E-state index in [-0.39, 0.29) is 37.5 Å². The fraction of sp³-hybridized carbons (Fsp3) is 0.316. The number of carbonyl (C=O) groups is 6. The van der Waals surface area contributed by atoms with Crippen molar-refractivity contribution in [1.29, 1.82) is 0 Å². The maximum Gasteiger partial charge on any atom is 0.326 e. The first-order valence-electron chi connectivity index (χ1n) is 16.8. The van der Waals surface area contributed by atoms with E-state index in [4.69, 9.17) is 0 Å². The monoisotopic (exact) mass is 711 g/mol. The zero-order chi connectivity index (χ0) is 36.2. The van der Waals surface area contributed by atoms with Gasteiger partial charge >= 0.3 is 5.97 Å². The average molecular weight is 712 g/mol. The first-order valence-corrected chi connectivity index (χ1v) is 17.7. The number of carbonyl (C=O) groups excluding carboxylic acids is 5. The Balaban J connectivity index is 1.47. The molecule has 51 heavy (non-hydrogen) atoms. The Hall–Kier alpha value is -5.43. The molecule has 0 saturated heterocycles.